The number of carbonyl (C=O) groups excluding carboxylic acids is 1. The molecule has 6 heteroatoms. The molecule has 0 saturated heterocycles. The number of nitrogens with one attached hydrogen (secondary N) is 1. The van der Waals surface area contributed by atoms with Gasteiger partial charge < -0.3 is 16.8 Å². The Morgan fingerprint density at radius 1 is 1.56 bits per heavy atom. The molecule has 0 atom stereocenters. The molecule has 16 heavy (non-hydrogen) atoms. The Hall–Kier alpha value is -1.74. The molecule has 1 aliphatic carbocycles. The number of anilines is 2. The van der Waals surface area contributed by atoms with Crippen molar-refractivity contribution in [2.45, 2.75) is 25.3 Å². The summed E-state index contributed by atoms with van der Waals surface area (Å²) < 4.78 is 0. The van der Waals surface area contributed by atoms with Crippen molar-refractivity contribution in [1.82, 2.24) is 0 Å². The van der Waals surface area contributed by atoms with Crippen LogP contribution in [0.5, 0.6) is 0 Å². The van der Waals surface area contributed by atoms with Crippen LogP contribution in [0.4, 0.5) is 10.7 Å². The largest absolute Gasteiger partial charge is 0.396 e. The number of carbonyl (C=O) groups is 1. The summed E-state index contributed by atoms with van der Waals surface area (Å²) in [6.45, 7) is 0. The SMILES string of the molecule is N#Cc1sc(NC2CCC2)c(C(N)=O)c1N. The number of thiophene rings is 1. The van der Waals surface area contributed by atoms with E-state index in [2.05, 4.69) is 5.32 Å². The van der Waals surface area contributed by atoms with Crippen molar-refractivity contribution in [3.63, 3.8) is 0 Å². The Bertz CT molecular complexity index is 470. The summed E-state index contributed by atoms with van der Waals surface area (Å²) >= 11 is 1.19. The zero-order valence-corrected chi connectivity index (χ0v) is 9.43. The molecule has 1 aromatic rings. The van der Waals surface area contributed by atoms with Crippen molar-refractivity contribution in [1.29, 1.82) is 5.26 Å². The number of amides is 1. The first-order valence-electron chi connectivity index (χ1n) is 5.02. The van der Waals surface area contributed by atoms with Crippen molar-refractivity contribution in [3.8, 4) is 6.07 Å². The molecule has 5 nitrogen and oxygen atoms in total. The van der Waals surface area contributed by atoms with Crippen molar-refractivity contribution >= 4 is 27.9 Å². The minimum absolute atomic E-state index is 0.196. The van der Waals surface area contributed by atoms with Crippen LogP contribution in [0.3, 0.4) is 0 Å². The van der Waals surface area contributed by atoms with Gasteiger partial charge in [0.2, 0.25) is 0 Å². The molecule has 0 radical (unpaired) electrons. The van der Waals surface area contributed by atoms with E-state index < -0.39 is 5.91 Å². The van der Waals surface area contributed by atoms with Gasteiger partial charge in [0.15, 0.2) is 0 Å². The highest BCUT2D eigenvalue weighted by molar-refractivity contribution is 7.17. The van der Waals surface area contributed by atoms with Crippen LogP contribution in [0, 0.1) is 11.3 Å². The number of nitrogens with zero attached hydrogens (tertiary/aromatic N) is 1. The number of nitrogen functional groups attached to an aromatic ring is 1. The summed E-state index contributed by atoms with van der Waals surface area (Å²) in [5.41, 5.74) is 11.4. The zero-order valence-electron chi connectivity index (χ0n) is 8.62. The van der Waals surface area contributed by atoms with Gasteiger partial charge >= 0.3 is 0 Å². The van der Waals surface area contributed by atoms with E-state index in [0.29, 0.717) is 15.9 Å². The number of rotatable bonds is 3. The van der Waals surface area contributed by atoms with Crippen LogP contribution in [0.15, 0.2) is 0 Å². The lowest BCUT2D eigenvalue weighted by molar-refractivity contribution is 0.100. The van der Waals surface area contributed by atoms with E-state index in [0.717, 1.165) is 12.8 Å². The summed E-state index contributed by atoms with van der Waals surface area (Å²) in [7, 11) is 0. The third kappa shape index (κ3) is 1.70. The average Bonchev–Trinajstić information content (AvgIpc) is 2.48. The van der Waals surface area contributed by atoms with E-state index in [1.807, 2.05) is 6.07 Å². The maximum Gasteiger partial charge on any atom is 0.253 e. The molecule has 1 aliphatic rings. The highest BCUT2D eigenvalue weighted by Crippen LogP contribution is 2.37. The quantitative estimate of drug-likeness (QED) is 0.734. The normalized spacial score (nSPS) is 15.2. The summed E-state index contributed by atoms with van der Waals surface area (Å²) in [5, 5.41) is 12.7. The second-order valence-electron chi connectivity index (χ2n) is 3.80. The van der Waals surface area contributed by atoms with E-state index in [-0.39, 0.29) is 11.3 Å². The van der Waals surface area contributed by atoms with Gasteiger partial charge in [-0.05, 0) is 19.3 Å². The van der Waals surface area contributed by atoms with Gasteiger partial charge in [0, 0.05) is 6.04 Å². The zero-order chi connectivity index (χ0) is 11.7. The first kappa shape index (κ1) is 10.8. The van der Waals surface area contributed by atoms with Crippen molar-refractivity contribution in [2.24, 2.45) is 5.73 Å². The Morgan fingerprint density at radius 3 is 2.69 bits per heavy atom. The molecule has 0 aliphatic heterocycles. The molecular formula is C10H12N4OS. The smallest absolute Gasteiger partial charge is 0.253 e. The van der Waals surface area contributed by atoms with Gasteiger partial charge in [-0.2, -0.15) is 5.26 Å². The predicted octanol–water partition coefficient (Wildman–Crippen LogP) is 1.27. The van der Waals surface area contributed by atoms with Gasteiger partial charge in [-0.15, -0.1) is 11.3 Å². The predicted molar refractivity (Wildman–Crippen MR) is 63.2 cm³/mol. The highest BCUT2D eigenvalue weighted by atomic mass is 32.1. The second kappa shape index (κ2) is 4.02. The van der Waals surface area contributed by atoms with Crippen LogP contribution in [0.1, 0.15) is 34.5 Å². The number of nitriles is 1. The molecule has 84 valence electrons. The summed E-state index contributed by atoms with van der Waals surface area (Å²) in [4.78, 5) is 11.6. The standard InChI is InChI=1S/C10H12N4OS/c11-4-6-8(12)7(9(13)15)10(16-6)14-5-2-1-3-5/h5,14H,1-3,12H2,(H2,13,15). The van der Waals surface area contributed by atoms with Crippen molar-refractivity contribution in [2.75, 3.05) is 11.1 Å². The van der Waals surface area contributed by atoms with Gasteiger partial charge in [-0.3, -0.25) is 4.79 Å². The minimum Gasteiger partial charge on any atom is -0.396 e. The first-order valence-corrected chi connectivity index (χ1v) is 5.83. The topological polar surface area (TPSA) is 105 Å². The molecule has 1 amide bonds. The first-order chi connectivity index (χ1) is 7.63. The maximum atomic E-state index is 11.3. The highest BCUT2D eigenvalue weighted by Gasteiger charge is 2.24. The Balaban J connectivity index is 2.35. The van der Waals surface area contributed by atoms with Crippen molar-refractivity contribution in [3.05, 3.63) is 10.4 Å². The van der Waals surface area contributed by atoms with Crippen LogP contribution >= 0.6 is 11.3 Å². The lowest BCUT2D eigenvalue weighted by Crippen LogP contribution is -2.27. The Labute approximate surface area is 97.0 Å². The summed E-state index contributed by atoms with van der Waals surface area (Å²) in [5.74, 6) is -0.586. The number of primary amides is 1. The van der Waals surface area contributed by atoms with Crippen molar-refractivity contribution < 1.29 is 4.79 Å². The van der Waals surface area contributed by atoms with E-state index in [4.69, 9.17) is 16.7 Å². The van der Waals surface area contributed by atoms with Gasteiger partial charge in [0.1, 0.15) is 15.9 Å². The van der Waals surface area contributed by atoms with Crippen LogP contribution in [0.2, 0.25) is 0 Å². The summed E-state index contributed by atoms with van der Waals surface area (Å²) in [6.07, 6.45) is 3.35. The molecule has 0 aromatic carbocycles. The molecule has 0 spiro atoms. The van der Waals surface area contributed by atoms with Crippen LogP contribution in [-0.2, 0) is 0 Å². The molecule has 5 N–H and O–H groups in total. The fourth-order valence-corrected chi connectivity index (χ4v) is 2.61. The molecule has 1 heterocycles. The Kier molecular flexibility index (Phi) is 2.71. The average molecular weight is 236 g/mol. The van der Waals surface area contributed by atoms with E-state index in [9.17, 15) is 4.79 Å². The monoisotopic (exact) mass is 236 g/mol. The molecule has 1 fully saturated rings. The van der Waals surface area contributed by atoms with Gasteiger partial charge in [-0.25, -0.2) is 0 Å². The molecule has 1 saturated carbocycles. The summed E-state index contributed by atoms with van der Waals surface area (Å²) in [6, 6.07) is 2.34. The fraction of sp³-hybridized carbons (Fsp3) is 0.400. The number of hydrogen-bond donors (Lipinski definition) is 3. The molecule has 2 rings (SSSR count). The maximum absolute atomic E-state index is 11.3. The number of hydrogen-bond acceptors (Lipinski definition) is 5. The van der Waals surface area contributed by atoms with Gasteiger partial charge in [-0.1, -0.05) is 0 Å². The third-order valence-electron chi connectivity index (χ3n) is 2.73. The number of nitrogens with two attached hydrogens (primary N) is 2. The van der Waals surface area contributed by atoms with Crippen LogP contribution in [-0.4, -0.2) is 11.9 Å². The fourth-order valence-electron chi connectivity index (χ4n) is 1.61. The van der Waals surface area contributed by atoms with Gasteiger partial charge in [0.25, 0.3) is 5.91 Å². The third-order valence-corrected chi connectivity index (χ3v) is 3.77. The molecule has 0 bridgehead atoms. The van der Waals surface area contributed by atoms with Gasteiger partial charge in [0.05, 0.1) is 11.3 Å². The lowest BCUT2D eigenvalue weighted by atomic mass is 9.93. The van der Waals surface area contributed by atoms with E-state index in [1.165, 1.54) is 17.8 Å². The van der Waals surface area contributed by atoms with Crippen LogP contribution < -0.4 is 16.8 Å². The van der Waals surface area contributed by atoms with E-state index in [1.54, 1.807) is 0 Å². The molecule has 1 aromatic heterocycles. The second-order valence-corrected chi connectivity index (χ2v) is 4.82. The van der Waals surface area contributed by atoms with Crippen LogP contribution in [0.25, 0.3) is 0 Å². The molecule has 0 unspecified atom stereocenters. The Morgan fingerprint density at radius 2 is 2.25 bits per heavy atom. The van der Waals surface area contributed by atoms with E-state index >= 15 is 0 Å². The minimum atomic E-state index is -0.586. The lowest BCUT2D eigenvalue weighted by Gasteiger charge is -2.27. The molecular weight excluding hydrogens is 224 g/mol.